The Balaban J connectivity index is 1.87. The SMILES string of the molecule is CNCc1coc(CN(CCOC)C2CC2)c1. The Kier molecular flexibility index (Phi) is 4.59. The summed E-state index contributed by atoms with van der Waals surface area (Å²) >= 11 is 0. The highest BCUT2D eigenvalue weighted by atomic mass is 16.5. The van der Waals surface area contributed by atoms with Gasteiger partial charge in [-0.1, -0.05) is 0 Å². The van der Waals surface area contributed by atoms with Crippen LogP contribution in [0.1, 0.15) is 24.2 Å². The Morgan fingerprint density at radius 3 is 3.00 bits per heavy atom. The van der Waals surface area contributed by atoms with Gasteiger partial charge in [0.05, 0.1) is 19.4 Å². The molecule has 0 amide bonds. The molecule has 0 atom stereocenters. The lowest BCUT2D eigenvalue weighted by Crippen LogP contribution is -2.28. The van der Waals surface area contributed by atoms with Gasteiger partial charge in [-0.15, -0.1) is 0 Å². The fourth-order valence-corrected chi connectivity index (χ4v) is 2.05. The molecule has 1 N–H and O–H groups in total. The first-order valence-corrected chi connectivity index (χ1v) is 6.27. The van der Waals surface area contributed by atoms with Gasteiger partial charge in [-0.05, 0) is 26.0 Å². The van der Waals surface area contributed by atoms with E-state index in [1.807, 2.05) is 13.3 Å². The van der Waals surface area contributed by atoms with E-state index < -0.39 is 0 Å². The molecular weight excluding hydrogens is 216 g/mol. The van der Waals surface area contributed by atoms with Crippen molar-refractivity contribution >= 4 is 0 Å². The molecule has 0 aliphatic heterocycles. The van der Waals surface area contributed by atoms with Crippen LogP contribution >= 0.6 is 0 Å². The van der Waals surface area contributed by atoms with E-state index in [1.165, 1.54) is 18.4 Å². The number of furan rings is 1. The minimum atomic E-state index is 0.739. The third-order valence-electron chi connectivity index (χ3n) is 3.09. The van der Waals surface area contributed by atoms with Crippen molar-refractivity contribution in [2.45, 2.75) is 32.0 Å². The van der Waals surface area contributed by atoms with Crippen LogP contribution in [0, 0.1) is 0 Å². The number of rotatable bonds is 8. The predicted octanol–water partition coefficient (Wildman–Crippen LogP) is 1.61. The Morgan fingerprint density at radius 2 is 2.35 bits per heavy atom. The third-order valence-corrected chi connectivity index (χ3v) is 3.09. The van der Waals surface area contributed by atoms with Crippen molar-refractivity contribution in [1.29, 1.82) is 0 Å². The summed E-state index contributed by atoms with van der Waals surface area (Å²) < 4.78 is 10.7. The Labute approximate surface area is 103 Å². The molecule has 1 aliphatic rings. The van der Waals surface area contributed by atoms with Crippen LogP contribution < -0.4 is 5.32 Å². The first-order chi connectivity index (χ1) is 8.33. The van der Waals surface area contributed by atoms with Crippen molar-refractivity contribution in [3.05, 3.63) is 23.7 Å². The number of methoxy groups -OCH3 is 1. The fraction of sp³-hybridized carbons (Fsp3) is 0.692. The van der Waals surface area contributed by atoms with Crippen LogP contribution in [0.15, 0.2) is 16.7 Å². The maximum absolute atomic E-state index is 5.58. The number of hydrogen-bond donors (Lipinski definition) is 1. The molecule has 1 fully saturated rings. The van der Waals surface area contributed by atoms with Crippen molar-refractivity contribution in [2.75, 3.05) is 27.3 Å². The monoisotopic (exact) mass is 238 g/mol. The van der Waals surface area contributed by atoms with Gasteiger partial charge < -0.3 is 14.5 Å². The second-order valence-corrected chi connectivity index (χ2v) is 4.65. The van der Waals surface area contributed by atoms with Crippen LogP contribution in [-0.2, 0) is 17.8 Å². The average molecular weight is 238 g/mol. The van der Waals surface area contributed by atoms with Gasteiger partial charge in [0.1, 0.15) is 5.76 Å². The molecule has 1 aromatic heterocycles. The highest BCUT2D eigenvalue weighted by Gasteiger charge is 2.29. The lowest BCUT2D eigenvalue weighted by molar-refractivity contribution is 0.134. The van der Waals surface area contributed by atoms with E-state index >= 15 is 0 Å². The number of nitrogens with zero attached hydrogens (tertiary/aromatic N) is 1. The van der Waals surface area contributed by atoms with Crippen molar-refractivity contribution in [1.82, 2.24) is 10.2 Å². The molecule has 4 nitrogen and oxygen atoms in total. The lowest BCUT2D eigenvalue weighted by atomic mass is 10.3. The Hall–Kier alpha value is -0.840. The van der Waals surface area contributed by atoms with Crippen molar-refractivity contribution < 1.29 is 9.15 Å². The Bertz CT molecular complexity index is 334. The summed E-state index contributed by atoms with van der Waals surface area (Å²) in [6.07, 6.45) is 4.47. The standard InChI is InChI=1S/C13H22N2O2/c1-14-8-11-7-13(17-10-11)9-15(5-6-16-2)12-3-4-12/h7,10,12,14H,3-6,8-9H2,1-2H3. The van der Waals surface area contributed by atoms with Gasteiger partial charge in [-0.2, -0.15) is 0 Å². The summed E-state index contributed by atoms with van der Waals surface area (Å²) in [5, 5.41) is 3.13. The molecule has 0 unspecified atom stereocenters. The second-order valence-electron chi connectivity index (χ2n) is 4.65. The predicted molar refractivity (Wildman–Crippen MR) is 66.8 cm³/mol. The summed E-state index contributed by atoms with van der Waals surface area (Å²) in [6, 6.07) is 2.88. The van der Waals surface area contributed by atoms with Gasteiger partial charge in [-0.3, -0.25) is 4.90 Å². The average Bonchev–Trinajstić information content (AvgIpc) is 3.08. The third kappa shape index (κ3) is 3.84. The van der Waals surface area contributed by atoms with Crippen LogP contribution in [-0.4, -0.2) is 38.3 Å². The summed E-state index contributed by atoms with van der Waals surface area (Å²) in [5.74, 6) is 1.05. The van der Waals surface area contributed by atoms with Gasteiger partial charge in [-0.25, -0.2) is 0 Å². The molecule has 0 radical (unpaired) electrons. The minimum Gasteiger partial charge on any atom is -0.468 e. The quantitative estimate of drug-likeness (QED) is 0.746. The van der Waals surface area contributed by atoms with E-state index in [-0.39, 0.29) is 0 Å². The van der Waals surface area contributed by atoms with E-state index in [2.05, 4.69) is 16.3 Å². The summed E-state index contributed by atoms with van der Waals surface area (Å²) in [4.78, 5) is 2.45. The molecule has 0 bridgehead atoms. The molecule has 1 aromatic rings. The number of ether oxygens (including phenoxy) is 1. The van der Waals surface area contributed by atoms with Crippen molar-refractivity contribution in [3.63, 3.8) is 0 Å². The summed E-state index contributed by atoms with van der Waals surface area (Å²) in [7, 11) is 3.70. The van der Waals surface area contributed by atoms with Gasteiger partial charge in [0.25, 0.3) is 0 Å². The minimum absolute atomic E-state index is 0.739. The molecule has 1 heterocycles. The molecule has 0 spiro atoms. The molecule has 17 heavy (non-hydrogen) atoms. The summed E-state index contributed by atoms with van der Waals surface area (Å²) in [6.45, 7) is 3.55. The van der Waals surface area contributed by atoms with Gasteiger partial charge >= 0.3 is 0 Å². The fourth-order valence-electron chi connectivity index (χ4n) is 2.05. The zero-order valence-corrected chi connectivity index (χ0v) is 10.7. The largest absolute Gasteiger partial charge is 0.468 e. The van der Waals surface area contributed by atoms with Crippen LogP contribution in [0.2, 0.25) is 0 Å². The van der Waals surface area contributed by atoms with Crippen LogP contribution in [0.4, 0.5) is 0 Å². The van der Waals surface area contributed by atoms with E-state index in [1.54, 1.807) is 7.11 Å². The smallest absolute Gasteiger partial charge is 0.118 e. The zero-order valence-electron chi connectivity index (χ0n) is 10.7. The number of nitrogens with one attached hydrogen (secondary N) is 1. The van der Waals surface area contributed by atoms with E-state index in [9.17, 15) is 0 Å². The normalized spacial score (nSPS) is 15.7. The Morgan fingerprint density at radius 1 is 1.53 bits per heavy atom. The molecular formula is C13H22N2O2. The molecule has 1 aliphatic carbocycles. The van der Waals surface area contributed by atoms with Crippen LogP contribution in [0.3, 0.4) is 0 Å². The maximum Gasteiger partial charge on any atom is 0.118 e. The molecule has 96 valence electrons. The molecule has 2 rings (SSSR count). The van der Waals surface area contributed by atoms with E-state index in [0.717, 1.165) is 38.0 Å². The maximum atomic E-state index is 5.58. The van der Waals surface area contributed by atoms with Gasteiger partial charge in [0.15, 0.2) is 0 Å². The first-order valence-electron chi connectivity index (χ1n) is 6.27. The molecule has 4 heteroatoms. The van der Waals surface area contributed by atoms with Crippen LogP contribution in [0.25, 0.3) is 0 Å². The lowest BCUT2D eigenvalue weighted by Gasteiger charge is -2.19. The van der Waals surface area contributed by atoms with E-state index in [4.69, 9.17) is 9.15 Å². The number of hydrogen-bond acceptors (Lipinski definition) is 4. The topological polar surface area (TPSA) is 37.6 Å². The van der Waals surface area contributed by atoms with Gasteiger partial charge in [0, 0.05) is 31.8 Å². The van der Waals surface area contributed by atoms with Crippen molar-refractivity contribution in [3.8, 4) is 0 Å². The molecule has 0 saturated heterocycles. The zero-order chi connectivity index (χ0) is 12.1. The summed E-state index contributed by atoms with van der Waals surface area (Å²) in [5.41, 5.74) is 1.21. The van der Waals surface area contributed by atoms with Crippen LogP contribution in [0.5, 0.6) is 0 Å². The molecule has 0 aromatic carbocycles. The molecule has 1 saturated carbocycles. The van der Waals surface area contributed by atoms with Gasteiger partial charge in [0.2, 0.25) is 0 Å². The highest BCUT2D eigenvalue weighted by molar-refractivity contribution is 5.12. The first kappa shape index (κ1) is 12.6. The van der Waals surface area contributed by atoms with Crippen molar-refractivity contribution in [2.24, 2.45) is 0 Å². The second kappa shape index (κ2) is 6.19. The van der Waals surface area contributed by atoms with E-state index in [0.29, 0.717) is 0 Å². The highest BCUT2D eigenvalue weighted by Crippen LogP contribution is 2.28.